The van der Waals surface area contributed by atoms with E-state index in [0.717, 1.165) is 32.5 Å². The molecule has 0 saturated carbocycles. The van der Waals surface area contributed by atoms with Gasteiger partial charge in [-0.1, -0.05) is 30.3 Å². The van der Waals surface area contributed by atoms with E-state index in [1.807, 2.05) is 23.1 Å². The molecule has 3 atom stereocenters. The third kappa shape index (κ3) is 3.96. The average molecular weight is 299 g/mol. The summed E-state index contributed by atoms with van der Waals surface area (Å²) >= 11 is 0. The highest BCUT2D eigenvalue weighted by atomic mass is 16.5. The van der Waals surface area contributed by atoms with Gasteiger partial charge in [-0.15, -0.1) is 0 Å². The predicted molar refractivity (Wildman–Crippen MR) is 87.6 cm³/mol. The van der Waals surface area contributed by atoms with Crippen molar-refractivity contribution in [3.8, 4) is 0 Å². The van der Waals surface area contributed by atoms with Gasteiger partial charge in [0.2, 0.25) is 0 Å². The van der Waals surface area contributed by atoms with Gasteiger partial charge in [-0.05, 0) is 31.4 Å². The molecule has 0 radical (unpaired) electrons. The molecular formula is C18H25N3O. The zero-order valence-electron chi connectivity index (χ0n) is 13.2. The highest BCUT2D eigenvalue weighted by Gasteiger charge is 2.29. The minimum atomic E-state index is 0.243. The van der Waals surface area contributed by atoms with Gasteiger partial charge in [0.1, 0.15) is 0 Å². The van der Waals surface area contributed by atoms with E-state index in [0.29, 0.717) is 12.0 Å². The fourth-order valence-corrected chi connectivity index (χ4v) is 3.07. The van der Waals surface area contributed by atoms with Crippen molar-refractivity contribution < 1.29 is 4.74 Å². The Morgan fingerprint density at radius 1 is 1.32 bits per heavy atom. The Labute approximate surface area is 132 Å². The van der Waals surface area contributed by atoms with Gasteiger partial charge in [-0.25, -0.2) is 0 Å². The topological polar surface area (TPSA) is 39.1 Å². The molecule has 0 spiro atoms. The van der Waals surface area contributed by atoms with Crippen LogP contribution < -0.4 is 5.32 Å². The molecule has 118 valence electrons. The van der Waals surface area contributed by atoms with Gasteiger partial charge in [-0.2, -0.15) is 5.10 Å². The summed E-state index contributed by atoms with van der Waals surface area (Å²) in [5.41, 5.74) is 1.30. The maximum Gasteiger partial charge on any atom is 0.0866 e. The Morgan fingerprint density at radius 3 is 2.95 bits per heavy atom. The van der Waals surface area contributed by atoms with E-state index >= 15 is 0 Å². The first-order chi connectivity index (χ1) is 10.8. The van der Waals surface area contributed by atoms with Crippen molar-refractivity contribution in [1.29, 1.82) is 0 Å². The van der Waals surface area contributed by atoms with E-state index in [4.69, 9.17) is 4.74 Å². The molecule has 3 rings (SSSR count). The van der Waals surface area contributed by atoms with Crippen LogP contribution in [0, 0.1) is 5.92 Å². The fraction of sp³-hybridized carbons (Fsp3) is 0.500. The van der Waals surface area contributed by atoms with E-state index in [-0.39, 0.29) is 6.10 Å². The van der Waals surface area contributed by atoms with Gasteiger partial charge < -0.3 is 10.1 Å². The molecule has 4 heteroatoms. The molecule has 1 aliphatic rings. The lowest BCUT2D eigenvalue weighted by molar-refractivity contribution is 0.0898. The Balaban J connectivity index is 1.46. The Kier molecular flexibility index (Phi) is 5.24. The molecule has 0 bridgehead atoms. The second-order valence-electron chi connectivity index (χ2n) is 6.12. The molecule has 1 aromatic carbocycles. The summed E-state index contributed by atoms with van der Waals surface area (Å²) in [4.78, 5) is 0. The quantitative estimate of drug-likeness (QED) is 0.854. The van der Waals surface area contributed by atoms with Crippen molar-refractivity contribution in [2.24, 2.45) is 5.92 Å². The highest BCUT2D eigenvalue weighted by Crippen LogP contribution is 2.33. The smallest absolute Gasteiger partial charge is 0.0866 e. The molecule has 1 aromatic heterocycles. The summed E-state index contributed by atoms with van der Waals surface area (Å²) in [5, 5.41) is 7.91. The molecular weight excluding hydrogens is 274 g/mol. The molecule has 2 aromatic rings. The maximum atomic E-state index is 5.95. The summed E-state index contributed by atoms with van der Waals surface area (Å²) in [7, 11) is 0. The molecule has 4 nitrogen and oxygen atoms in total. The van der Waals surface area contributed by atoms with Crippen LogP contribution in [-0.2, 0) is 11.3 Å². The molecule has 1 unspecified atom stereocenters. The number of nitrogens with zero attached hydrogens (tertiary/aromatic N) is 2. The van der Waals surface area contributed by atoms with Crippen LogP contribution in [-0.4, -0.2) is 29.0 Å². The molecule has 22 heavy (non-hydrogen) atoms. The lowest BCUT2D eigenvalue weighted by Gasteiger charge is -2.22. The first-order valence-corrected chi connectivity index (χ1v) is 8.20. The van der Waals surface area contributed by atoms with Crippen molar-refractivity contribution in [1.82, 2.24) is 15.1 Å². The molecule has 1 aliphatic heterocycles. The van der Waals surface area contributed by atoms with E-state index in [1.54, 1.807) is 0 Å². The predicted octanol–water partition coefficient (Wildman–Crippen LogP) is 3.03. The second kappa shape index (κ2) is 7.56. The van der Waals surface area contributed by atoms with Crippen LogP contribution >= 0.6 is 0 Å². The first-order valence-electron chi connectivity index (χ1n) is 8.20. The van der Waals surface area contributed by atoms with E-state index in [9.17, 15) is 0 Å². The Morgan fingerprint density at radius 2 is 2.18 bits per heavy atom. The number of aromatic nitrogens is 2. The molecule has 1 fully saturated rings. The third-order valence-corrected chi connectivity index (χ3v) is 4.42. The van der Waals surface area contributed by atoms with E-state index < -0.39 is 0 Å². The van der Waals surface area contributed by atoms with Crippen LogP contribution in [0.4, 0.5) is 0 Å². The van der Waals surface area contributed by atoms with Crippen LogP contribution in [0.25, 0.3) is 0 Å². The Hall–Kier alpha value is -1.65. The normalized spacial score (nSPS) is 22.8. The SMILES string of the molecule is CC(CCn1cccn1)NC[C@H]1CCO[C@@H]1c1ccccc1. The van der Waals surface area contributed by atoms with Crippen LogP contribution in [0.5, 0.6) is 0 Å². The number of aryl methyl sites for hydroxylation is 1. The molecule has 1 N–H and O–H groups in total. The minimum absolute atomic E-state index is 0.243. The summed E-state index contributed by atoms with van der Waals surface area (Å²) in [6, 6.07) is 13.0. The summed E-state index contributed by atoms with van der Waals surface area (Å²) in [6.07, 6.45) is 6.32. The molecule has 2 heterocycles. The van der Waals surface area contributed by atoms with Crippen LogP contribution in [0.3, 0.4) is 0 Å². The van der Waals surface area contributed by atoms with Crippen molar-refractivity contribution in [2.75, 3.05) is 13.2 Å². The van der Waals surface area contributed by atoms with Crippen LogP contribution in [0.2, 0.25) is 0 Å². The van der Waals surface area contributed by atoms with Crippen molar-refractivity contribution in [3.05, 3.63) is 54.4 Å². The lowest BCUT2D eigenvalue weighted by Crippen LogP contribution is -2.33. The van der Waals surface area contributed by atoms with Gasteiger partial charge in [-0.3, -0.25) is 4.68 Å². The van der Waals surface area contributed by atoms with Gasteiger partial charge >= 0.3 is 0 Å². The standard InChI is InChI=1S/C18H25N3O/c1-15(8-12-21-11-5-10-20-21)19-14-17-9-13-22-18(17)16-6-3-2-4-7-16/h2-7,10-11,15,17-19H,8-9,12-14H2,1H3/t15?,17-,18-/m1/s1. The summed E-state index contributed by atoms with van der Waals surface area (Å²) in [6.45, 7) is 5.09. The van der Waals surface area contributed by atoms with Crippen LogP contribution in [0.15, 0.2) is 48.8 Å². The highest BCUT2D eigenvalue weighted by molar-refractivity contribution is 5.19. The van der Waals surface area contributed by atoms with E-state index in [2.05, 4.69) is 47.7 Å². The zero-order chi connectivity index (χ0) is 15.2. The maximum absolute atomic E-state index is 5.95. The van der Waals surface area contributed by atoms with Gasteiger partial charge in [0.05, 0.1) is 6.10 Å². The first kappa shape index (κ1) is 15.3. The number of rotatable bonds is 7. The number of hydrogen-bond acceptors (Lipinski definition) is 3. The van der Waals surface area contributed by atoms with Crippen LogP contribution in [0.1, 0.15) is 31.4 Å². The monoisotopic (exact) mass is 299 g/mol. The van der Waals surface area contributed by atoms with Gasteiger partial charge in [0.15, 0.2) is 0 Å². The second-order valence-corrected chi connectivity index (χ2v) is 6.12. The van der Waals surface area contributed by atoms with Gasteiger partial charge in [0, 0.05) is 44.0 Å². The minimum Gasteiger partial charge on any atom is -0.373 e. The molecule has 0 amide bonds. The third-order valence-electron chi connectivity index (χ3n) is 4.42. The number of nitrogens with one attached hydrogen (secondary N) is 1. The largest absolute Gasteiger partial charge is 0.373 e. The molecule has 1 saturated heterocycles. The number of ether oxygens (including phenoxy) is 1. The van der Waals surface area contributed by atoms with Crippen molar-refractivity contribution >= 4 is 0 Å². The van der Waals surface area contributed by atoms with Crippen molar-refractivity contribution in [2.45, 2.75) is 38.5 Å². The average Bonchev–Trinajstić information content (AvgIpc) is 3.23. The number of benzene rings is 1. The van der Waals surface area contributed by atoms with Crippen molar-refractivity contribution in [3.63, 3.8) is 0 Å². The van der Waals surface area contributed by atoms with Gasteiger partial charge in [0.25, 0.3) is 0 Å². The Bertz CT molecular complexity index is 541. The zero-order valence-corrected chi connectivity index (χ0v) is 13.2. The summed E-state index contributed by atoms with van der Waals surface area (Å²) in [5.74, 6) is 0.564. The fourth-order valence-electron chi connectivity index (χ4n) is 3.07. The summed E-state index contributed by atoms with van der Waals surface area (Å²) < 4.78 is 7.94. The lowest BCUT2D eigenvalue weighted by atomic mass is 9.95. The van der Waals surface area contributed by atoms with E-state index in [1.165, 1.54) is 5.56 Å². The molecule has 0 aliphatic carbocycles. The number of hydrogen-bond donors (Lipinski definition) is 1.